The highest BCUT2D eigenvalue weighted by molar-refractivity contribution is 7.09. The number of aryl methyl sites for hydroxylation is 1. The minimum atomic E-state index is -0.912. The lowest BCUT2D eigenvalue weighted by Gasteiger charge is -2.16. The number of hydrogen-bond acceptors (Lipinski definition) is 3. The Kier molecular flexibility index (Phi) is 3.51. The minimum absolute atomic E-state index is 0.161. The van der Waals surface area contributed by atoms with Crippen LogP contribution in [0.5, 0.6) is 0 Å². The fraction of sp³-hybridized carbons (Fsp3) is 0.250. The fourth-order valence-corrected chi connectivity index (χ4v) is 3.61. The Morgan fingerprint density at radius 3 is 2.86 bits per heavy atom. The standard InChI is InChI=1S/C16H16N2O2S/c1-10(9-12-5-4-8-21-12)18-11(2)17-14-7-3-6-13(15(14)18)16(19)20/h3-8,10H,9H2,1-2H3,(H,19,20). The molecule has 0 saturated heterocycles. The van der Waals surface area contributed by atoms with Gasteiger partial charge < -0.3 is 9.67 Å². The van der Waals surface area contributed by atoms with Gasteiger partial charge in [-0.3, -0.25) is 0 Å². The van der Waals surface area contributed by atoms with Crippen LogP contribution < -0.4 is 0 Å². The van der Waals surface area contributed by atoms with Gasteiger partial charge in [-0.25, -0.2) is 9.78 Å². The minimum Gasteiger partial charge on any atom is -0.478 e. The van der Waals surface area contributed by atoms with Crippen molar-refractivity contribution in [3.05, 3.63) is 52.0 Å². The average Bonchev–Trinajstić information content (AvgIpc) is 3.03. The van der Waals surface area contributed by atoms with Crippen molar-refractivity contribution in [1.82, 2.24) is 9.55 Å². The number of benzene rings is 1. The quantitative estimate of drug-likeness (QED) is 0.795. The smallest absolute Gasteiger partial charge is 0.337 e. The Hall–Kier alpha value is -2.14. The zero-order chi connectivity index (χ0) is 15.0. The molecule has 1 N–H and O–H groups in total. The van der Waals surface area contributed by atoms with Crippen LogP contribution in [0.25, 0.3) is 11.0 Å². The van der Waals surface area contributed by atoms with Gasteiger partial charge in [-0.2, -0.15) is 0 Å². The molecule has 3 rings (SSSR count). The van der Waals surface area contributed by atoms with E-state index in [1.807, 2.05) is 23.6 Å². The average molecular weight is 300 g/mol. The van der Waals surface area contributed by atoms with Crippen LogP contribution in [0.1, 0.15) is 34.0 Å². The number of para-hydroxylation sites is 1. The first kappa shape index (κ1) is 13.8. The molecule has 0 saturated carbocycles. The summed E-state index contributed by atoms with van der Waals surface area (Å²) in [4.78, 5) is 17.3. The molecule has 0 aliphatic heterocycles. The molecule has 0 bridgehead atoms. The molecule has 0 amide bonds. The maximum Gasteiger partial charge on any atom is 0.337 e. The van der Waals surface area contributed by atoms with Crippen LogP contribution in [0.3, 0.4) is 0 Å². The van der Waals surface area contributed by atoms with Gasteiger partial charge in [-0.15, -0.1) is 11.3 Å². The fourth-order valence-electron chi connectivity index (χ4n) is 2.79. The first-order valence-corrected chi connectivity index (χ1v) is 7.69. The number of thiophene rings is 1. The second-order valence-electron chi connectivity index (χ2n) is 5.14. The van der Waals surface area contributed by atoms with Gasteiger partial charge in [-0.05, 0) is 37.4 Å². The van der Waals surface area contributed by atoms with Gasteiger partial charge in [0.2, 0.25) is 0 Å². The van der Waals surface area contributed by atoms with E-state index in [1.54, 1.807) is 23.5 Å². The molecule has 21 heavy (non-hydrogen) atoms. The Morgan fingerprint density at radius 1 is 1.38 bits per heavy atom. The van der Waals surface area contributed by atoms with Crippen LogP contribution in [0.4, 0.5) is 0 Å². The summed E-state index contributed by atoms with van der Waals surface area (Å²) in [7, 11) is 0. The van der Waals surface area contributed by atoms with Gasteiger partial charge >= 0.3 is 5.97 Å². The lowest BCUT2D eigenvalue weighted by atomic mass is 10.1. The zero-order valence-corrected chi connectivity index (χ0v) is 12.7. The number of aromatic carboxylic acids is 1. The first-order valence-electron chi connectivity index (χ1n) is 6.81. The molecule has 5 heteroatoms. The number of carbonyl (C=O) groups is 1. The number of carboxylic acid groups (broad SMARTS) is 1. The van der Waals surface area contributed by atoms with Crippen LogP contribution in [0.2, 0.25) is 0 Å². The highest BCUT2D eigenvalue weighted by Crippen LogP contribution is 2.27. The summed E-state index contributed by atoms with van der Waals surface area (Å²) in [5.41, 5.74) is 1.77. The third-order valence-corrected chi connectivity index (χ3v) is 4.53. The molecule has 4 nitrogen and oxygen atoms in total. The summed E-state index contributed by atoms with van der Waals surface area (Å²) in [6.07, 6.45) is 0.873. The van der Waals surface area contributed by atoms with Crippen molar-refractivity contribution in [2.24, 2.45) is 0 Å². The molecule has 1 atom stereocenters. The molecule has 1 aromatic carbocycles. The monoisotopic (exact) mass is 300 g/mol. The third-order valence-electron chi connectivity index (χ3n) is 3.63. The summed E-state index contributed by atoms with van der Waals surface area (Å²) in [6.45, 7) is 4.03. The Bertz CT molecular complexity index is 790. The number of fused-ring (bicyclic) bond motifs is 1. The van der Waals surface area contributed by atoms with Gasteiger partial charge in [0.1, 0.15) is 5.82 Å². The summed E-state index contributed by atoms with van der Waals surface area (Å²) in [5.74, 6) is -0.0622. The van der Waals surface area contributed by atoms with Crippen LogP contribution in [0, 0.1) is 6.92 Å². The Morgan fingerprint density at radius 2 is 2.19 bits per heavy atom. The van der Waals surface area contributed by atoms with Crippen molar-refractivity contribution in [2.45, 2.75) is 26.3 Å². The van der Waals surface area contributed by atoms with Crippen LogP contribution in [0.15, 0.2) is 35.7 Å². The summed E-state index contributed by atoms with van der Waals surface area (Å²) in [5, 5.41) is 11.5. The zero-order valence-electron chi connectivity index (χ0n) is 11.9. The number of imidazole rings is 1. The van der Waals surface area contributed by atoms with E-state index in [1.165, 1.54) is 4.88 Å². The van der Waals surface area contributed by atoms with Crippen molar-refractivity contribution < 1.29 is 9.90 Å². The predicted molar refractivity (Wildman–Crippen MR) is 84.2 cm³/mol. The van der Waals surface area contributed by atoms with E-state index in [4.69, 9.17) is 0 Å². The molecule has 3 aromatic rings. The van der Waals surface area contributed by atoms with E-state index >= 15 is 0 Å². The first-order chi connectivity index (χ1) is 10.1. The maximum absolute atomic E-state index is 11.5. The van der Waals surface area contributed by atoms with Crippen molar-refractivity contribution in [1.29, 1.82) is 0 Å². The highest BCUT2D eigenvalue weighted by atomic mass is 32.1. The van der Waals surface area contributed by atoms with Crippen molar-refractivity contribution >= 4 is 28.3 Å². The van der Waals surface area contributed by atoms with Crippen LogP contribution >= 0.6 is 11.3 Å². The number of aromatic nitrogens is 2. The van der Waals surface area contributed by atoms with E-state index in [-0.39, 0.29) is 6.04 Å². The molecular formula is C16H16N2O2S. The Labute approximate surface area is 126 Å². The summed E-state index contributed by atoms with van der Waals surface area (Å²) >= 11 is 1.72. The number of rotatable bonds is 4. The largest absolute Gasteiger partial charge is 0.478 e. The molecule has 0 aliphatic carbocycles. The number of hydrogen-bond donors (Lipinski definition) is 1. The predicted octanol–water partition coefficient (Wildman–Crippen LogP) is 3.91. The topological polar surface area (TPSA) is 55.1 Å². The molecule has 2 aromatic heterocycles. The Balaban J connectivity index is 2.12. The molecular weight excluding hydrogens is 284 g/mol. The van der Waals surface area contributed by atoms with Crippen LogP contribution in [-0.2, 0) is 6.42 Å². The second kappa shape index (κ2) is 5.33. The van der Waals surface area contributed by atoms with E-state index < -0.39 is 5.97 Å². The molecule has 1 unspecified atom stereocenters. The highest BCUT2D eigenvalue weighted by Gasteiger charge is 2.19. The molecule has 0 spiro atoms. The SMILES string of the molecule is Cc1nc2cccc(C(=O)O)c2n1C(C)Cc1cccs1. The molecule has 2 heterocycles. The third kappa shape index (κ3) is 2.45. The van der Waals surface area contributed by atoms with E-state index in [0.717, 1.165) is 17.8 Å². The van der Waals surface area contributed by atoms with Gasteiger partial charge in [0.05, 0.1) is 16.6 Å². The lowest BCUT2D eigenvalue weighted by molar-refractivity contribution is 0.0698. The van der Waals surface area contributed by atoms with Gasteiger partial charge in [-0.1, -0.05) is 12.1 Å². The van der Waals surface area contributed by atoms with Crippen molar-refractivity contribution in [2.75, 3.05) is 0 Å². The van der Waals surface area contributed by atoms with E-state index in [0.29, 0.717) is 11.1 Å². The molecule has 0 aliphatic rings. The second-order valence-corrected chi connectivity index (χ2v) is 6.17. The number of nitrogens with zero attached hydrogens (tertiary/aromatic N) is 2. The summed E-state index contributed by atoms with van der Waals surface area (Å²) < 4.78 is 2.04. The van der Waals surface area contributed by atoms with Gasteiger partial charge in [0.25, 0.3) is 0 Å². The number of carboxylic acids is 1. The van der Waals surface area contributed by atoms with Gasteiger partial charge in [0, 0.05) is 17.3 Å². The molecule has 108 valence electrons. The lowest BCUT2D eigenvalue weighted by Crippen LogP contribution is -2.11. The summed E-state index contributed by atoms with van der Waals surface area (Å²) in [6, 6.07) is 9.55. The normalized spacial score (nSPS) is 12.7. The van der Waals surface area contributed by atoms with Crippen molar-refractivity contribution in [3.8, 4) is 0 Å². The van der Waals surface area contributed by atoms with E-state index in [9.17, 15) is 9.90 Å². The van der Waals surface area contributed by atoms with E-state index in [2.05, 4.69) is 23.4 Å². The molecule has 0 radical (unpaired) electrons. The molecule has 0 fully saturated rings. The van der Waals surface area contributed by atoms with Crippen molar-refractivity contribution in [3.63, 3.8) is 0 Å². The van der Waals surface area contributed by atoms with Crippen LogP contribution in [-0.4, -0.2) is 20.6 Å². The maximum atomic E-state index is 11.5. The van der Waals surface area contributed by atoms with Gasteiger partial charge in [0.15, 0.2) is 0 Å².